The molecule has 4 rings (SSSR count). The van der Waals surface area contributed by atoms with Crippen LogP contribution in [0.5, 0.6) is 11.5 Å². The van der Waals surface area contributed by atoms with Crippen LogP contribution in [0.4, 0.5) is 0 Å². The van der Waals surface area contributed by atoms with Gasteiger partial charge in [0.05, 0.1) is 20.1 Å². The Bertz CT molecular complexity index is 1190. The van der Waals surface area contributed by atoms with Crippen LogP contribution in [-0.4, -0.2) is 49.3 Å². The van der Waals surface area contributed by atoms with Crippen molar-refractivity contribution in [1.82, 2.24) is 20.8 Å². The van der Waals surface area contributed by atoms with E-state index in [0.29, 0.717) is 60.5 Å². The van der Waals surface area contributed by atoms with Crippen LogP contribution in [0.2, 0.25) is 0 Å². The van der Waals surface area contributed by atoms with Crippen LogP contribution >= 0.6 is 0 Å². The van der Waals surface area contributed by atoms with Gasteiger partial charge in [-0.05, 0) is 18.6 Å². The number of nitrogens with zero attached hydrogens (tertiary/aromatic N) is 4. The van der Waals surface area contributed by atoms with Gasteiger partial charge in [0, 0.05) is 31.5 Å². The van der Waals surface area contributed by atoms with Crippen molar-refractivity contribution in [3.63, 3.8) is 0 Å². The summed E-state index contributed by atoms with van der Waals surface area (Å²) in [6.07, 6.45) is 8.54. The second-order valence-electron chi connectivity index (χ2n) is 7.74. The molecule has 1 atom stereocenters. The number of methoxy groups -OCH3 is 2. The number of carbonyl (C=O) groups excluding carboxylic acids is 2. The molecule has 1 aliphatic carbocycles. The fourth-order valence-corrected chi connectivity index (χ4v) is 3.70. The lowest BCUT2D eigenvalue weighted by atomic mass is 9.93. The number of benzene rings is 1. The van der Waals surface area contributed by atoms with Crippen molar-refractivity contribution in [3.8, 4) is 22.9 Å². The van der Waals surface area contributed by atoms with Crippen LogP contribution in [0.15, 0.2) is 68.6 Å². The molecular formula is C24H26N6O5. The molecule has 0 saturated carbocycles. The van der Waals surface area contributed by atoms with Gasteiger partial charge in [0.15, 0.2) is 5.82 Å². The standard InChI is InChI=1S/C24H26N6O5/c1-33-17-9-5-10-18(34-2)21(17)23-27-20(35-30-23)12-11-19(31)25-13-6-14-26-22-15-7-3-4-8-16(15)24(32)29-28-22/h3-5,7-10,16,26H,6,11-14H2,1-2H3,(H,25,31). The van der Waals surface area contributed by atoms with E-state index in [4.69, 9.17) is 14.0 Å². The van der Waals surface area contributed by atoms with Crippen molar-refractivity contribution in [1.29, 1.82) is 0 Å². The third-order valence-electron chi connectivity index (χ3n) is 5.47. The van der Waals surface area contributed by atoms with Gasteiger partial charge in [-0.1, -0.05) is 35.5 Å². The fourth-order valence-electron chi connectivity index (χ4n) is 3.70. The number of hydrogen-bond donors (Lipinski definition) is 2. The first-order chi connectivity index (χ1) is 17.1. The van der Waals surface area contributed by atoms with Gasteiger partial charge in [-0.2, -0.15) is 4.98 Å². The number of allylic oxidation sites excluding steroid dienone is 3. The van der Waals surface area contributed by atoms with Gasteiger partial charge < -0.3 is 24.6 Å². The number of ether oxygens (including phenoxy) is 2. The third-order valence-corrected chi connectivity index (χ3v) is 5.47. The molecule has 0 radical (unpaired) electrons. The normalized spacial score (nSPS) is 16.3. The molecule has 0 bridgehead atoms. The number of hydrogen-bond acceptors (Lipinski definition) is 9. The molecule has 0 fully saturated rings. The number of carbonyl (C=O) groups is 2. The summed E-state index contributed by atoms with van der Waals surface area (Å²) in [6.45, 7) is 1.06. The largest absolute Gasteiger partial charge is 0.496 e. The highest BCUT2D eigenvalue weighted by atomic mass is 16.5. The van der Waals surface area contributed by atoms with Crippen LogP contribution < -0.4 is 20.1 Å². The molecule has 35 heavy (non-hydrogen) atoms. The second kappa shape index (κ2) is 11.2. The molecule has 2 N–H and O–H groups in total. The minimum atomic E-state index is -0.381. The van der Waals surface area contributed by atoms with Crippen molar-refractivity contribution in [2.45, 2.75) is 19.3 Å². The second-order valence-corrected chi connectivity index (χ2v) is 7.74. The summed E-state index contributed by atoms with van der Waals surface area (Å²) in [4.78, 5) is 28.4. The Morgan fingerprint density at radius 1 is 1.11 bits per heavy atom. The summed E-state index contributed by atoms with van der Waals surface area (Å²) >= 11 is 0. The Balaban J connectivity index is 1.21. The van der Waals surface area contributed by atoms with Gasteiger partial charge in [0.2, 0.25) is 17.6 Å². The molecule has 2 aromatic rings. The summed E-state index contributed by atoms with van der Waals surface area (Å²) in [5.74, 6) is 1.62. The van der Waals surface area contributed by atoms with Crippen LogP contribution in [0.3, 0.4) is 0 Å². The van der Waals surface area contributed by atoms with Crippen LogP contribution in [0.1, 0.15) is 18.7 Å². The van der Waals surface area contributed by atoms with E-state index in [1.807, 2.05) is 18.2 Å². The van der Waals surface area contributed by atoms with Crippen LogP contribution in [0, 0.1) is 5.92 Å². The smallest absolute Gasteiger partial charge is 0.276 e. The first-order valence-electron chi connectivity index (χ1n) is 11.2. The molecule has 1 aromatic carbocycles. The Labute approximate surface area is 202 Å². The molecule has 182 valence electrons. The zero-order chi connectivity index (χ0) is 24.6. The number of azo groups is 1. The molecule has 1 aliphatic heterocycles. The lowest BCUT2D eigenvalue weighted by Crippen LogP contribution is -2.28. The highest BCUT2D eigenvalue weighted by molar-refractivity contribution is 5.86. The zero-order valence-corrected chi connectivity index (χ0v) is 19.5. The van der Waals surface area contributed by atoms with E-state index in [-0.39, 0.29) is 24.2 Å². The maximum Gasteiger partial charge on any atom is 0.276 e. The maximum atomic E-state index is 12.2. The minimum absolute atomic E-state index is 0.120. The number of rotatable bonds is 11. The molecule has 0 saturated heterocycles. The SMILES string of the molecule is COc1cccc(OC)c1-c1noc(CCC(=O)NCCCNC2=C3C=CC=CC3C(=O)N=N2)n1. The van der Waals surface area contributed by atoms with E-state index in [9.17, 15) is 9.59 Å². The Morgan fingerprint density at radius 2 is 1.91 bits per heavy atom. The molecule has 0 spiro atoms. The van der Waals surface area contributed by atoms with Gasteiger partial charge in [0.1, 0.15) is 17.1 Å². The summed E-state index contributed by atoms with van der Waals surface area (Å²) in [5.41, 5.74) is 1.40. The first kappa shape index (κ1) is 23.9. The van der Waals surface area contributed by atoms with Gasteiger partial charge in [0.25, 0.3) is 5.91 Å². The van der Waals surface area contributed by atoms with E-state index in [2.05, 4.69) is 31.0 Å². The summed E-state index contributed by atoms with van der Waals surface area (Å²) in [7, 11) is 3.11. The number of aromatic nitrogens is 2. The predicted molar refractivity (Wildman–Crippen MR) is 125 cm³/mol. The molecule has 11 heteroatoms. The third kappa shape index (κ3) is 5.62. The first-order valence-corrected chi connectivity index (χ1v) is 11.2. The molecule has 2 heterocycles. The average molecular weight is 479 g/mol. The zero-order valence-electron chi connectivity index (χ0n) is 19.5. The molecule has 2 aliphatic rings. The van der Waals surface area contributed by atoms with Gasteiger partial charge >= 0.3 is 0 Å². The van der Waals surface area contributed by atoms with E-state index in [1.54, 1.807) is 38.5 Å². The predicted octanol–water partition coefficient (Wildman–Crippen LogP) is 2.73. The van der Waals surface area contributed by atoms with Crippen molar-refractivity contribution in [3.05, 3.63) is 59.8 Å². The van der Waals surface area contributed by atoms with Gasteiger partial charge in [-0.15, -0.1) is 10.2 Å². The van der Waals surface area contributed by atoms with E-state index in [1.165, 1.54) is 0 Å². The van der Waals surface area contributed by atoms with Crippen molar-refractivity contribution in [2.24, 2.45) is 16.1 Å². The summed E-state index contributed by atoms with van der Waals surface area (Å²) in [6, 6.07) is 5.37. The lowest BCUT2D eigenvalue weighted by molar-refractivity contribution is -0.121. The van der Waals surface area contributed by atoms with E-state index >= 15 is 0 Å². The average Bonchev–Trinajstić information content (AvgIpc) is 3.36. The van der Waals surface area contributed by atoms with E-state index in [0.717, 1.165) is 5.57 Å². The number of nitrogens with one attached hydrogen (secondary N) is 2. The molecule has 2 amide bonds. The monoisotopic (exact) mass is 478 g/mol. The Hall–Kier alpha value is -4.28. The van der Waals surface area contributed by atoms with Crippen molar-refractivity contribution in [2.75, 3.05) is 27.3 Å². The summed E-state index contributed by atoms with van der Waals surface area (Å²) in [5, 5.41) is 17.7. The fraction of sp³-hybridized carbons (Fsp3) is 0.333. The van der Waals surface area contributed by atoms with Crippen molar-refractivity contribution >= 4 is 11.8 Å². The summed E-state index contributed by atoms with van der Waals surface area (Å²) < 4.78 is 16.1. The molecular weight excluding hydrogens is 452 g/mol. The molecule has 1 unspecified atom stereocenters. The highest BCUT2D eigenvalue weighted by Crippen LogP contribution is 2.36. The number of fused-ring (bicyclic) bond motifs is 1. The van der Waals surface area contributed by atoms with Crippen LogP contribution in [0.25, 0.3) is 11.4 Å². The number of amides is 2. The Kier molecular flexibility index (Phi) is 7.66. The van der Waals surface area contributed by atoms with E-state index < -0.39 is 0 Å². The highest BCUT2D eigenvalue weighted by Gasteiger charge is 2.27. The quantitative estimate of drug-likeness (QED) is 0.470. The van der Waals surface area contributed by atoms with Gasteiger partial charge in [-0.3, -0.25) is 9.59 Å². The minimum Gasteiger partial charge on any atom is -0.496 e. The molecule has 1 aromatic heterocycles. The molecule has 11 nitrogen and oxygen atoms in total. The maximum absolute atomic E-state index is 12.2. The van der Waals surface area contributed by atoms with Crippen LogP contribution in [-0.2, 0) is 16.0 Å². The lowest BCUT2D eigenvalue weighted by Gasteiger charge is -2.20. The van der Waals surface area contributed by atoms with Crippen molar-refractivity contribution < 1.29 is 23.6 Å². The topological polar surface area (TPSA) is 140 Å². The van der Waals surface area contributed by atoms with Gasteiger partial charge in [-0.25, -0.2) is 0 Å². The number of aryl methyl sites for hydroxylation is 1. The Morgan fingerprint density at radius 3 is 2.69 bits per heavy atom.